The van der Waals surface area contributed by atoms with E-state index in [1.807, 2.05) is 0 Å². The van der Waals surface area contributed by atoms with Crippen molar-refractivity contribution in [2.75, 3.05) is 11.9 Å². The minimum Gasteiger partial charge on any atom is -0.480 e. The van der Waals surface area contributed by atoms with E-state index in [0.29, 0.717) is 10.0 Å². The number of aliphatic carboxylic acids is 1. The fourth-order valence-electron chi connectivity index (χ4n) is 2.85. The van der Waals surface area contributed by atoms with Crippen LogP contribution in [0.4, 0.5) is 14.9 Å². The Morgan fingerprint density at radius 1 is 1.30 bits per heavy atom. The largest absolute Gasteiger partial charge is 0.480 e. The van der Waals surface area contributed by atoms with Gasteiger partial charge in [0.15, 0.2) is 12.4 Å². The molecule has 0 saturated heterocycles. The van der Waals surface area contributed by atoms with Gasteiger partial charge in [-0.1, -0.05) is 23.7 Å². The predicted octanol–water partition coefficient (Wildman–Crippen LogP) is 4.77. The Kier molecular flexibility index (Phi) is 6.73. The van der Waals surface area contributed by atoms with Gasteiger partial charge in [-0.05, 0) is 45.8 Å². The van der Waals surface area contributed by atoms with E-state index < -0.39 is 30.5 Å². The third-order valence-electron chi connectivity index (χ3n) is 4.25. The van der Waals surface area contributed by atoms with Gasteiger partial charge < -0.3 is 15.2 Å². The molecule has 1 aliphatic rings. The number of carbonyl (C=O) groups excluding carboxylic acids is 2. The van der Waals surface area contributed by atoms with Crippen LogP contribution >= 0.6 is 27.5 Å². The molecule has 0 radical (unpaired) electrons. The van der Waals surface area contributed by atoms with Gasteiger partial charge in [0, 0.05) is 23.2 Å². The van der Waals surface area contributed by atoms with Crippen LogP contribution in [0.25, 0.3) is 0 Å². The highest BCUT2D eigenvalue weighted by molar-refractivity contribution is 9.10. The molecule has 7 nitrogen and oxygen atoms in total. The Balaban J connectivity index is 1.85. The first-order chi connectivity index (χ1) is 14.2. The lowest BCUT2D eigenvalue weighted by Crippen LogP contribution is -2.37. The number of carboxylic acids is 1. The number of anilines is 1. The van der Waals surface area contributed by atoms with Crippen molar-refractivity contribution in [3.8, 4) is 5.75 Å². The number of nitrogens with one attached hydrogen (secondary N) is 1. The van der Waals surface area contributed by atoms with Gasteiger partial charge in [-0.25, -0.2) is 14.0 Å². The van der Waals surface area contributed by atoms with Crippen LogP contribution in [0.3, 0.4) is 0 Å². The van der Waals surface area contributed by atoms with E-state index in [9.17, 15) is 18.8 Å². The average molecular weight is 498 g/mol. The van der Waals surface area contributed by atoms with Crippen LogP contribution in [0.2, 0.25) is 5.02 Å². The lowest BCUT2D eigenvalue weighted by atomic mass is 9.97. The average Bonchev–Trinajstić information content (AvgIpc) is 2.69. The maximum Gasteiger partial charge on any atom is 0.341 e. The summed E-state index contributed by atoms with van der Waals surface area (Å²) in [6, 6.07) is 7.23. The van der Waals surface area contributed by atoms with E-state index in [4.69, 9.17) is 21.4 Å². The number of rotatable bonds is 5. The smallest absolute Gasteiger partial charge is 0.341 e. The van der Waals surface area contributed by atoms with Gasteiger partial charge in [0.1, 0.15) is 11.6 Å². The summed E-state index contributed by atoms with van der Waals surface area (Å²) >= 11 is 9.34. The maximum atomic E-state index is 13.3. The molecule has 1 aliphatic heterocycles. The van der Waals surface area contributed by atoms with E-state index in [1.54, 1.807) is 0 Å². The zero-order valence-corrected chi connectivity index (χ0v) is 17.6. The van der Waals surface area contributed by atoms with Gasteiger partial charge in [0.05, 0.1) is 16.8 Å². The number of ketones is 1. The molecule has 0 fully saturated rings. The first-order valence-corrected chi connectivity index (χ1v) is 9.81. The number of halogens is 3. The standard InChI is InChI=1S/C20H15BrClFN2O5/c21-14-8-15(22)18(30-10-19(27)28)9-16(14)24-20(29)25-6-5-13(26)7-17(25)11-1-3-12(23)4-2-11/h1-6,8-9,17H,7,10H2,(H,24,29)(H,27,28). The van der Waals surface area contributed by atoms with E-state index in [-0.39, 0.29) is 28.7 Å². The zero-order chi connectivity index (χ0) is 21.8. The first kappa shape index (κ1) is 21.8. The normalized spacial score (nSPS) is 15.8. The molecule has 2 N–H and O–H groups in total. The quantitative estimate of drug-likeness (QED) is 0.621. The zero-order valence-electron chi connectivity index (χ0n) is 15.3. The van der Waals surface area contributed by atoms with Crippen LogP contribution in [-0.2, 0) is 9.59 Å². The Morgan fingerprint density at radius 2 is 2.00 bits per heavy atom. The molecular formula is C20H15BrClFN2O5. The Bertz CT molecular complexity index is 1030. The summed E-state index contributed by atoms with van der Waals surface area (Å²) in [6.45, 7) is -0.599. The number of urea groups is 1. The molecule has 0 aliphatic carbocycles. The molecule has 0 spiro atoms. The summed E-state index contributed by atoms with van der Waals surface area (Å²) in [6.07, 6.45) is 2.70. The third kappa shape index (κ3) is 5.17. The number of ether oxygens (including phenoxy) is 1. The lowest BCUT2D eigenvalue weighted by Gasteiger charge is -2.31. The molecule has 0 bridgehead atoms. The minimum absolute atomic E-state index is 0.0459. The molecule has 10 heteroatoms. The Morgan fingerprint density at radius 3 is 2.67 bits per heavy atom. The Labute approximate surface area is 184 Å². The first-order valence-electron chi connectivity index (χ1n) is 8.64. The van der Waals surface area contributed by atoms with E-state index in [1.165, 1.54) is 53.6 Å². The number of hydrogen-bond acceptors (Lipinski definition) is 4. The van der Waals surface area contributed by atoms with E-state index in [2.05, 4.69) is 21.2 Å². The fraction of sp³-hybridized carbons (Fsp3) is 0.150. The van der Waals surface area contributed by atoms with Crippen LogP contribution in [-0.4, -0.2) is 34.4 Å². The summed E-state index contributed by atoms with van der Waals surface area (Å²) in [7, 11) is 0. The molecule has 0 aromatic heterocycles. The van der Waals surface area contributed by atoms with Gasteiger partial charge in [-0.3, -0.25) is 9.69 Å². The van der Waals surface area contributed by atoms with Crippen molar-refractivity contribution in [2.45, 2.75) is 12.5 Å². The third-order valence-corrected chi connectivity index (χ3v) is 5.21. The summed E-state index contributed by atoms with van der Waals surface area (Å²) in [4.78, 5) is 36.9. The number of hydrogen-bond donors (Lipinski definition) is 2. The van der Waals surface area contributed by atoms with E-state index in [0.717, 1.165) is 0 Å². The number of carboxylic acid groups (broad SMARTS) is 1. The molecule has 1 unspecified atom stereocenters. The SMILES string of the molecule is O=C(O)COc1cc(NC(=O)N2C=CC(=O)CC2c2ccc(F)cc2)c(Br)cc1Cl. The number of amides is 2. The predicted molar refractivity (Wildman–Crippen MR) is 111 cm³/mol. The van der Waals surface area contributed by atoms with Gasteiger partial charge in [-0.15, -0.1) is 0 Å². The van der Waals surface area contributed by atoms with E-state index >= 15 is 0 Å². The molecule has 156 valence electrons. The lowest BCUT2D eigenvalue weighted by molar-refractivity contribution is -0.139. The molecule has 2 aromatic carbocycles. The van der Waals surface area contributed by atoms with Crippen LogP contribution in [0.5, 0.6) is 5.75 Å². The second-order valence-corrected chi connectivity index (χ2v) is 7.60. The van der Waals surface area contributed by atoms with Gasteiger partial charge in [0.2, 0.25) is 0 Å². The Hall–Kier alpha value is -2.91. The number of carbonyl (C=O) groups is 3. The van der Waals surface area contributed by atoms with Crippen LogP contribution in [0.15, 0.2) is 53.1 Å². The molecule has 0 saturated carbocycles. The molecule has 2 aromatic rings. The van der Waals surface area contributed by atoms with Gasteiger partial charge >= 0.3 is 12.0 Å². The van der Waals surface area contributed by atoms with Crippen molar-refractivity contribution >= 4 is 51.0 Å². The molecule has 3 rings (SSSR count). The fourth-order valence-corrected chi connectivity index (χ4v) is 3.64. The van der Waals surface area contributed by atoms with Crippen molar-refractivity contribution in [1.29, 1.82) is 0 Å². The van der Waals surface area contributed by atoms with Crippen LogP contribution in [0.1, 0.15) is 18.0 Å². The number of allylic oxidation sites excluding steroid dienone is 1. The number of benzene rings is 2. The summed E-state index contributed by atoms with van der Waals surface area (Å²) in [5, 5.41) is 11.6. The molecule has 30 heavy (non-hydrogen) atoms. The highest BCUT2D eigenvalue weighted by atomic mass is 79.9. The summed E-state index contributed by atoms with van der Waals surface area (Å²) in [5.41, 5.74) is 0.887. The maximum absolute atomic E-state index is 13.3. The monoisotopic (exact) mass is 496 g/mol. The van der Waals surface area contributed by atoms with Gasteiger partial charge in [-0.2, -0.15) is 0 Å². The molecule has 2 amide bonds. The van der Waals surface area contributed by atoms with Gasteiger partial charge in [0.25, 0.3) is 0 Å². The van der Waals surface area contributed by atoms with Crippen molar-refractivity contribution in [3.05, 3.63) is 69.6 Å². The highest BCUT2D eigenvalue weighted by Crippen LogP contribution is 2.36. The minimum atomic E-state index is -1.18. The van der Waals surface area contributed by atoms with Crippen molar-refractivity contribution < 1.29 is 28.6 Å². The molecular weight excluding hydrogens is 483 g/mol. The van der Waals surface area contributed by atoms with Crippen molar-refractivity contribution in [3.63, 3.8) is 0 Å². The van der Waals surface area contributed by atoms with Crippen molar-refractivity contribution in [1.82, 2.24) is 4.90 Å². The summed E-state index contributed by atoms with van der Waals surface area (Å²) in [5.74, 6) is -1.68. The summed E-state index contributed by atoms with van der Waals surface area (Å²) < 4.78 is 18.8. The highest BCUT2D eigenvalue weighted by Gasteiger charge is 2.29. The van der Waals surface area contributed by atoms with Crippen LogP contribution < -0.4 is 10.1 Å². The number of nitrogens with zero attached hydrogens (tertiary/aromatic N) is 1. The molecule has 1 atom stereocenters. The van der Waals surface area contributed by atoms with Crippen LogP contribution in [0, 0.1) is 5.82 Å². The topological polar surface area (TPSA) is 95.9 Å². The van der Waals surface area contributed by atoms with Crippen molar-refractivity contribution in [2.24, 2.45) is 0 Å². The second-order valence-electron chi connectivity index (χ2n) is 6.34. The second kappa shape index (κ2) is 9.27. The molecule has 1 heterocycles.